The number of hydrogen-bond acceptors (Lipinski definition) is 7. The number of carbonyl (C=O) groups excluding carboxylic acids is 3. The fourth-order valence-corrected chi connectivity index (χ4v) is 5.69. The molecule has 11 nitrogen and oxygen atoms in total. The van der Waals surface area contributed by atoms with Gasteiger partial charge in [-0.05, 0) is 84.4 Å². The van der Waals surface area contributed by atoms with Crippen molar-refractivity contribution in [1.82, 2.24) is 30.1 Å². The normalized spacial score (nSPS) is 18.6. The van der Waals surface area contributed by atoms with Gasteiger partial charge < -0.3 is 24.7 Å². The van der Waals surface area contributed by atoms with E-state index in [0.29, 0.717) is 25.3 Å². The molecular formula is C34H44N6O5. The van der Waals surface area contributed by atoms with E-state index in [1.54, 1.807) is 28.3 Å². The standard InChI is InChI=1S/C34H44N6O5/c1-33(2,3)44-31(42)39-17-7-9-25(39)20-37-30(41)26-16-15-24(19-35-26)22-11-13-23(14-12-22)27-21-36-29(38-27)28-10-8-18-40(28)32(43)45-34(4,5)6/h11-16,19,21,25,28H,7-10,17-18,20H2,1-6H3,(H,36,38)(H,37,41). The lowest BCUT2D eigenvalue weighted by Gasteiger charge is -2.28. The number of pyridine rings is 1. The largest absolute Gasteiger partial charge is 0.444 e. The summed E-state index contributed by atoms with van der Waals surface area (Å²) < 4.78 is 11.1. The van der Waals surface area contributed by atoms with E-state index >= 15 is 0 Å². The number of aromatic amines is 1. The number of rotatable bonds is 6. The van der Waals surface area contributed by atoms with Gasteiger partial charge in [0.2, 0.25) is 0 Å². The number of amides is 3. The van der Waals surface area contributed by atoms with E-state index in [1.807, 2.05) is 71.9 Å². The Bertz CT molecular complexity index is 1500. The zero-order chi connectivity index (χ0) is 32.4. The molecule has 4 heterocycles. The molecule has 0 bridgehead atoms. The number of ether oxygens (including phenoxy) is 2. The third-order valence-corrected chi connectivity index (χ3v) is 7.82. The van der Waals surface area contributed by atoms with Crippen LogP contribution in [0.25, 0.3) is 22.4 Å². The van der Waals surface area contributed by atoms with Gasteiger partial charge in [-0.1, -0.05) is 30.3 Å². The molecule has 2 unspecified atom stereocenters. The van der Waals surface area contributed by atoms with Crippen molar-refractivity contribution in [3.8, 4) is 22.4 Å². The Morgan fingerprint density at radius 3 is 2.04 bits per heavy atom. The van der Waals surface area contributed by atoms with Crippen LogP contribution in [0.3, 0.4) is 0 Å². The van der Waals surface area contributed by atoms with Crippen LogP contribution in [-0.4, -0.2) is 79.7 Å². The number of imidazole rings is 1. The monoisotopic (exact) mass is 616 g/mol. The number of likely N-dealkylation sites (tertiary alicyclic amines) is 2. The molecule has 5 rings (SSSR count). The predicted octanol–water partition coefficient (Wildman–Crippen LogP) is 6.34. The van der Waals surface area contributed by atoms with Crippen LogP contribution < -0.4 is 5.32 Å². The van der Waals surface area contributed by atoms with Crippen LogP contribution in [0.2, 0.25) is 0 Å². The third-order valence-electron chi connectivity index (χ3n) is 7.82. The van der Waals surface area contributed by atoms with Crippen LogP contribution in [0, 0.1) is 0 Å². The van der Waals surface area contributed by atoms with E-state index in [-0.39, 0.29) is 30.2 Å². The molecule has 0 aliphatic carbocycles. The molecule has 2 saturated heterocycles. The Kier molecular flexibility index (Phi) is 9.18. The molecule has 240 valence electrons. The Morgan fingerprint density at radius 1 is 0.800 bits per heavy atom. The lowest BCUT2D eigenvalue weighted by Crippen LogP contribution is -2.45. The first-order valence-corrected chi connectivity index (χ1v) is 15.7. The first-order chi connectivity index (χ1) is 21.3. The molecule has 3 aromatic rings. The highest BCUT2D eigenvalue weighted by atomic mass is 16.6. The van der Waals surface area contributed by atoms with Gasteiger partial charge in [0.1, 0.15) is 22.7 Å². The second kappa shape index (κ2) is 12.9. The van der Waals surface area contributed by atoms with Crippen LogP contribution in [0.1, 0.15) is 89.6 Å². The molecule has 2 fully saturated rings. The van der Waals surface area contributed by atoms with E-state index in [4.69, 9.17) is 9.47 Å². The summed E-state index contributed by atoms with van der Waals surface area (Å²) in [7, 11) is 0. The Morgan fingerprint density at radius 2 is 1.40 bits per heavy atom. The summed E-state index contributed by atoms with van der Waals surface area (Å²) in [6, 6.07) is 11.3. The van der Waals surface area contributed by atoms with Crippen molar-refractivity contribution in [3.05, 3.63) is 60.3 Å². The van der Waals surface area contributed by atoms with E-state index in [9.17, 15) is 14.4 Å². The summed E-state index contributed by atoms with van der Waals surface area (Å²) in [6.45, 7) is 12.7. The average Bonchev–Trinajstić information content (AvgIpc) is 3.75. The molecule has 2 aliphatic rings. The second-order valence-electron chi connectivity index (χ2n) is 13.7. The number of hydrogen-bond donors (Lipinski definition) is 2. The Hall–Kier alpha value is -4.41. The summed E-state index contributed by atoms with van der Waals surface area (Å²) in [5.41, 5.74) is 2.88. The van der Waals surface area contributed by atoms with Crippen LogP contribution >= 0.6 is 0 Å². The van der Waals surface area contributed by atoms with Crippen LogP contribution in [0.15, 0.2) is 48.8 Å². The molecule has 3 amide bonds. The third kappa shape index (κ3) is 8.01. The first-order valence-electron chi connectivity index (χ1n) is 15.7. The van der Waals surface area contributed by atoms with Crippen molar-refractivity contribution < 1.29 is 23.9 Å². The van der Waals surface area contributed by atoms with E-state index in [0.717, 1.165) is 53.9 Å². The van der Waals surface area contributed by atoms with Gasteiger partial charge in [0.05, 0.1) is 24.0 Å². The van der Waals surface area contributed by atoms with Gasteiger partial charge in [-0.15, -0.1) is 0 Å². The van der Waals surface area contributed by atoms with Gasteiger partial charge in [0.25, 0.3) is 5.91 Å². The molecule has 2 N–H and O–H groups in total. The number of nitrogens with zero attached hydrogens (tertiary/aromatic N) is 4. The zero-order valence-corrected chi connectivity index (χ0v) is 27.1. The molecule has 1 aromatic carbocycles. The highest BCUT2D eigenvalue weighted by Crippen LogP contribution is 2.33. The highest BCUT2D eigenvalue weighted by Gasteiger charge is 2.35. The number of benzene rings is 1. The molecule has 2 aromatic heterocycles. The van der Waals surface area contributed by atoms with Crippen molar-refractivity contribution >= 4 is 18.1 Å². The van der Waals surface area contributed by atoms with E-state index in [1.165, 1.54) is 0 Å². The number of nitrogens with one attached hydrogen (secondary N) is 2. The predicted molar refractivity (Wildman–Crippen MR) is 170 cm³/mol. The maximum absolute atomic E-state index is 12.8. The van der Waals surface area contributed by atoms with Crippen LogP contribution in [-0.2, 0) is 9.47 Å². The topological polar surface area (TPSA) is 130 Å². The van der Waals surface area contributed by atoms with Crippen LogP contribution in [0.5, 0.6) is 0 Å². The summed E-state index contributed by atoms with van der Waals surface area (Å²) in [6.07, 6.45) is 6.23. The van der Waals surface area contributed by atoms with E-state index < -0.39 is 11.2 Å². The fraction of sp³-hybridized carbons (Fsp3) is 0.500. The maximum Gasteiger partial charge on any atom is 0.410 e. The molecule has 0 spiro atoms. The lowest BCUT2D eigenvalue weighted by atomic mass is 10.0. The summed E-state index contributed by atoms with van der Waals surface area (Å²) in [4.78, 5) is 53.9. The molecular weight excluding hydrogens is 572 g/mol. The molecule has 11 heteroatoms. The molecule has 2 atom stereocenters. The van der Waals surface area contributed by atoms with Crippen molar-refractivity contribution in [2.75, 3.05) is 19.6 Å². The van der Waals surface area contributed by atoms with Gasteiger partial charge in [0.15, 0.2) is 0 Å². The van der Waals surface area contributed by atoms with Gasteiger partial charge in [0, 0.05) is 31.4 Å². The lowest BCUT2D eigenvalue weighted by molar-refractivity contribution is 0.0211. The summed E-state index contributed by atoms with van der Waals surface area (Å²) in [5.74, 6) is 0.469. The molecule has 0 radical (unpaired) electrons. The summed E-state index contributed by atoms with van der Waals surface area (Å²) in [5, 5.41) is 2.93. The smallest absolute Gasteiger partial charge is 0.410 e. The minimum absolute atomic E-state index is 0.102. The van der Waals surface area contributed by atoms with Gasteiger partial charge in [-0.25, -0.2) is 14.6 Å². The van der Waals surface area contributed by atoms with Gasteiger partial charge in [-0.2, -0.15) is 0 Å². The Balaban J connectivity index is 1.17. The minimum Gasteiger partial charge on any atom is -0.444 e. The highest BCUT2D eigenvalue weighted by molar-refractivity contribution is 5.92. The zero-order valence-electron chi connectivity index (χ0n) is 27.1. The molecule has 2 aliphatic heterocycles. The van der Waals surface area contributed by atoms with Gasteiger partial charge >= 0.3 is 12.2 Å². The van der Waals surface area contributed by atoms with Crippen molar-refractivity contribution in [3.63, 3.8) is 0 Å². The van der Waals surface area contributed by atoms with Crippen molar-refractivity contribution in [1.29, 1.82) is 0 Å². The van der Waals surface area contributed by atoms with Crippen molar-refractivity contribution in [2.24, 2.45) is 0 Å². The fourth-order valence-electron chi connectivity index (χ4n) is 5.69. The summed E-state index contributed by atoms with van der Waals surface area (Å²) >= 11 is 0. The van der Waals surface area contributed by atoms with Crippen molar-refractivity contribution in [2.45, 2.75) is 90.5 Å². The maximum atomic E-state index is 12.8. The molecule has 0 saturated carbocycles. The average molecular weight is 617 g/mol. The Labute approximate surface area is 264 Å². The van der Waals surface area contributed by atoms with E-state index in [2.05, 4.69) is 20.3 Å². The second-order valence-corrected chi connectivity index (χ2v) is 13.7. The number of aromatic nitrogens is 3. The van der Waals surface area contributed by atoms with Gasteiger partial charge in [-0.3, -0.25) is 14.7 Å². The minimum atomic E-state index is -0.565. The first kappa shape index (κ1) is 32.0. The van der Waals surface area contributed by atoms with Crippen LogP contribution in [0.4, 0.5) is 9.59 Å². The number of carbonyl (C=O) groups is 3. The number of H-pyrrole nitrogens is 1. The SMILES string of the molecule is CC(C)(C)OC(=O)N1CCCC1CNC(=O)c1ccc(-c2ccc(-c3cnc(C4CCCN4C(=O)OC(C)(C)C)[nH]3)cc2)cn1. The molecule has 45 heavy (non-hydrogen) atoms. The quantitative estimate of drug-likeness (QED) is 0.331.